The third kappa shape index (κ3) is 13.5. The molecule has 2 aromatic rings. The normalized spacial score (nSPS) is 12.7. The van der Waals surface area contributed by atoms with Crippen LogP contribution in [-0.2, 0) is 17.8 Å². The summed E-state index contributed by atoms with van der Waals surface area (Å²) in [6.07, 6.45) is 21.2. The number of hydrogen-bond donors (Lipinski definition) is 1. The minimum absolute atomic E-state index is 0.0791. The molecule has 1 heterocycles. The number of ether oxygens (including phenoxy) is 1. The molecule has 0 spiro atoms. The van der Waals surface area contributed by atoms with E-state index in [1.165, 1.54) is 89.0 Å². The fourth-order valence-corrected chi connectivity index (χ4v) is 5.91. The molecule has 0 atom stereocenters. The molecule has 0 saturated carbocycles. The number of nitrogens with one attached hydrogen (secondary N) is 1. The van der Waals surface area contributed by atoms with Crippen molar-refractivity contribution in [1.29, 1.82) is 0 Å². The van der Waals surface area contributed by atoms with Gasteiger partial charge in [-0.3, -0.25) is 4.79 Å². The van der Waals surface area contributed by atoms with E-state index in [0.717, 1.165) is 35.8 Å². The summed E-state index contributed by atoms with van der Waals surface area (Å²) in [5.74, 6) is 1.68. The molecule has 220 valence electrons. The molecule has 0 fully saturated rings. The molecule has 0 unspecified atom stereocenters. The zero-order valence-corrected chi connectivity index (χ0v) is 26.0. The van der Waals surface area contributed by atoms with Crippen LogP contribution in [0.1, 0.15) is 108 Å². The van der Waals surface area contributed by atoms with Crippen LogP contribution in [0, 0.1) is 0 Å². The van der Waals surface area contributed by atoms with Crippen molar-refractivity contribution in [2.24, 2.45) is 0 Å². The topological polar surface area (TPSA) is 41.6 Å². The van der Waals surface area contributed by atoms with E-state index in [4.69, 9.17) is 16.3 Å². The van der Waals surface area contributed by atoms with Crippen LogP contribution in [-0.4, -0.2) is 23.3 Å². The number of nitrogens with zero attached hydrogens (tertiary/aromatic N) is 1. The number of unbranched alkanes of at least 4 members (excludes halogenated alkanes) is 13. The summed E-state index contributed by atoms with van der Waals surface area (Å²) < 4.78 is 5.91. The lowest BCUT2D eigenvalue weighted by atomic mass is 10.0. The van der Waals surface area contributed by atoms with Gasteiger partial charge in [-0.1, -0.05) is 120 Å². The first-order valence-corrected chi connectivity index (χ1v) is 16.9. The maximum absolute atomic E-state index is 12.6. The molecule has 3 rings (SSSR count). The van der Waals surface area contributed by atoms with Crippen molar-refractivity contribution in [3.05, 3.63) is 70.2 Å². The first-order chi connectivity index (χ1) is 19.6. The van der Waals surface area contributed by atoms with Crippen molar-refractivity contribution in [2.75, 3.05) is 17.8 Å². The molecule has 2 aromatic carbocycles. The molecular weight excluding hydrogens is 536 g/mol. The molecule has 1 aliphatic heterocycles. The zero-order chi connectivity index (χ0) is 28.3. The Morgan fingerprint density at radius 3 is 2.08 bits per heavy atom. The Balaban J connectivity index is 1.22. The van der Waals surface area contributed by atoms with Gasteiger partial charge in [-0.05, 0) is 47.2 Å². The van der Waals surface area contributed by atoms with Gasteiger partial charge in [-0.15, -0.1) is 11.8 Å². The average Bonchev–Trinajstić information content (AvgIpc) is 3.46. The number of amides is 1. The Kier molecular flexibility index (Phi) is 16.1. The summed E-state index contributed by atoms with van der Waals surface area (Å²) in [7, 11) is 0. The first kappa shape index (κ1) is 32.4. The van der Waals surface area contributed by atoms with Crippen LogP contribution >= 0.6 is 23.4 Å². The van der Waals surface area contributed by atoms with Crippen LogP contribution in [0.15, 0.2) is 54.1 Å². The van der Waals surface area contributed by atoms with Crippen molar-refractivity contribution >= 4 is 35.0 Å². The van der Waals surface area contributed by atoms with Crippen LogP contribution in [0.25, 0.3) is 0 Å². The molecule has 6 heteroatoms. The Morgan fingerprint density at radius 1 is 0.875 bits per heavy atom. The molecule has 40 heavy (non-hydrogen) atoms. The maximum atomic E-state index is 12.6. The lowest BCUT2D eigenvalue weighted by Gasteiger charge is -2.15. The standard InChI is InChI=1S/C34H49ClN2O2S/c1-2-3-4-5-6-7-8-9-10-11-12-13-14-15-23-39-32-21-18-30(33(35)26-32)25-34(38)36-31-19-16-29(17-20-31)27-37-22-24-40-28-37/h16-22,24,26H,2-15,23,25,27-28H2,1H3,(H,36,38). The van der Waals surface area contributed by atoms with E-state index in [0.29, 0.717) is 11.6 Å². The number of carbonyl (C=O) groups excluding carboxylic acids is 1. The van der Waals surface area contributed by atoms with E-state index in [-0.39, 0.29) is 12.3 Å². The smallest absolute Gasteiger partial charge is 0.228 e. The van der Waals surface area contributed by atoms with Gasteiger partial charge < -0.3 is 15.0 Å². The van der Waals surface area contributed by atoms with E-state index in [1.54, 1.807) is 11.8 Å². The second kappa shape index (κ2) is 19.9. The molecule has 0 radical (unpaired) electrons. The van der Waals surface area contributed by atoms with Gasteiger partial charge >= 0.3 is 0 Å². The quantitative estimate of drug-likeness (QED) is 0.148. The highest BCUT2D eigenvalue weighted by Crippen LogP contribution is 2.24. The molecule has 0 bridgehead atoms. The van der Waals surface area contributed by atoms with E-state index in [1.807, 2.05) is 30.3 Å². The maximum Gasteiger partial charge on any atom is 0.228 e. The average molecular weight is 585 g/mol. The molecule has 0 saturated heterocycles. The van der Waals surface area contributed by atoms with Gasteiger partial charge in [0, 0.05) is 23.5 Å². The minimum atomic E-state index is -0.0791. The van der Waals surface area contributed by atoms with Gasteiger partial charge in [0.15, 0.2) is 0 Å². The third-order valence-corrected chi connectivity index (χ3v) is 8.52. The van der Waals surface area contributed by atoms with Crippen molar-refractivity contribution in [3.8, 4) is 5.75 Å². The first-order valence-electron chi connectivity index (χ1n) is 15.5. The Hall–Kier alpha value is -2.11. The highest BCUT2D eigenvalue weighted by atomic mass is 35.5. The predicted molar refractivity (Wildman–Crippen MR) is 173 cm³/mol. The van der Waals surface area contributed by atoms with Crippen molar-refractivity contribution in [3.63, 3.8) is 0 Å². The number of carbonyl (C=O) groups is 1. The molecule has 1 N–H and O–H groups in total. The van der Waals surface area contributed by atoms with Crippen molar-refractivity contribution < 1.29 is 9.53 Å². The van der Waals surface area contributed by atoms with Crippen LogP contribution in [0.4, 0.5) is 5.69 Å². The lowest BCUT2D eigenvalue weighted by Crippen LogP contribution is -2.15. The van der Waals surface area contributed by atoms with Gasteiger partial charge in [0.25, 0.3) is 0 Å². The Morgan fingerprint density at radius 2 is 1.50 bits per heavy atom. The lowest BCUT2D eigenvalue weighted by molar-refractivity contribution is -0.115. The largest absolute Gasteiger partial charge is 0.494 e. The molecule has 0 aromatic heterocycles. The summed E-state index contributed by atoms with van der Waals surface area (Å²) in [5.41, 5.74) is 2.82. The van der Waals surface area contributed by atoms with E-state index in [9.17, 15) is 4.79 Å². The highest BCUT2D eigenvalue weighted by Gasteiger charge is 2.10. The summed E-state index contributed by atoms with van der Waals surface area (Å²) in [5, 5.41) is 5.66. The van der Waals surface area contributed by atoms with E-state index < -0.39 is 0 Å². The SMILES string of the molecule is CCCCCCCCCCCCCCCCOc1ccc(CC(=O)Nc2ccc(CN3C=CSC3)cc2)c(Cl)c1. The summed E-state index contributed by atoms with van der Waals surface area (Å²) in [4.78, 5) is 14.8. The fourth-order valence-electron chi connectivity index (χ4n) is 4.96. The third-order valence-electron chi connectivity index (χ3n) is 7.37. The van der Waals surface area contributed by atoms with Crippen LogP contribution in [0.3, 0.4) is 0 Å². The van der Waals surface area contributed by atoms with Crippen molar-refractivity contribution in [2.45, 2.75) is 110 Å². The van der Waals surface area contributed by atoms with Crippen LogP contribution < -0.4 is 10.1 Å². The predicted octanol–water partition coefficient (Wildman–Crippen LogP) is 10.4. The van der Waals surface area contributed by atoms with E-state index in [2.05, 4.69) is 40.9 Å². The Labute approximate surface area is 252 Å². The second-order valence-electron chi connectivity index (χ2n) is 10.9. The van der Waals surface area contributed by atoms with E-state index >= 15 is 0 Å². The van der Waals surface area contributed by atoms with Gasteiger partial charge in [0.2, 0.25) is 5.91 Å². The zero-order valence-electron chi connectivity index (χ0n) is 24.5. The van der Waals surface area contributed by atoms with Crippen LogP contribution in [0.5, 0.6) is 5.75 Å². The number of thioether (sulfide) groups is 1. The minimum Gasteiger partial charge on any atom is -0.494 e. The Bertz CT molecular complexity index is 1010. The van der Waals surface area contributed by atoms with Gasteiger partial charge in [0.05, 0.1) is 18.9 Å². The number of halogens is 1. The molecular formula is C34H49ClN2O2S. The molecule has 4 nitrogen and oxygen atoms in total. The van der Waals surface area contributed by atoms with Crippen molar-refractivity contribution in [1.82, 2.24) is 4.90 Å². The number of hydrogen-bond acceptors (Lipinski definition) is 4. The monoisotopic (exact) mass is 584 g/mol. The second-order valence-corrected chi connectivity index (χ2v) is 12.2. The van der Waals surface area contributed by atoms with Gasteiger partial charge in [-0.25, -0.2) is 0 Å². The summed E-state index contributed by atoms with van der Waals surface area (Å²) in [6.45, 7) is 3.86. The fraction of sp³-hybridized carbons (Fsp3) is 0.559. The van der Waals surface area contributed by atoms with Gasteiger partial charge in [-0.2, -0.15) is 0 Å². The molecule has 0 aliphatic carbocycles. The number of benzene rings is 2. The number of anilines is 1. The van der Waals surface area contributed by atoms with Crippen LogP contribution in [0.2, 0.25) is 5.02 Å². The number of rotatable bonds is 21. The highest BCUT2D eigenvalue weighted by molar-refractivity contribution is 8.02. The molecule has 1 amide bonds. The van der Waals surface area contributed by atoms with Gasteiger partial charge in [0.1, 0.15) is 5.75 Å². The summed E-state index contributed by atoms with van der Waals surface area (Å²) in [6, 6.07) is 13.7. The molecule has 1 aliphatic rings. The summed E-state index contributed by atoms with van der Waals surface area (Å²) >= 11 is 8.27.